The molecule has 3 nitrogen and oxygen atoms in total. The summed E-state index contributed by atoms with van der Waals surface area (Å²) in [5.41, 5.74) is 1.61. The van der Waals surface area contributed by atoms with Crippen LogP contribution in [0, 0.1) is 5.41 Å². The molecule has 0 aromatic heterocycles. The van der Waals surface area contributed by atoms with Crippen molar-refractivity contribution in [2.75, 3.05) is 0 Å². The van der Waals surface area contributed by atoms with Gasteiger partial charge in [0.2, 0.25) is 0 Å². The maximum absolute atomic E-state index is 12.4. The fraction of sp³-hybridized carbons (Fsp3) is 0.286. The van der Waals surface area contributed by atoms with E-state index in [4.69, 9.17) is 4.74 Å². The first-order valence-corrected chi connectivity index (χ1v) is 8.03. The van der Waals surface area contributed by atoms with E-state index in [1.807, 2.05) is 73.7 Å². The zero-order chi connectivity index (χ0) is 17.6. The Hall–Kier alpha value is -2.39. The van der Waals surface area contributed by atoms with Gasteiger partial charge in [0.1, 0.15) is 6.61 Å². The van der Waals surface area contributed by atoms with Crippen LogP contribution < -0.4 is 0 Å². The van der Waals surface area contributed by atoms with E-state index in [1.165, 1.54) is 0 Å². The average Bonchev–Trinajstić information content (AvgIpc) is 2.60. The van der Waals surface area contributed by atoms with E-state index in [1.54, 1.807) is 13.8 Å². The second kappa shape index (κ2) is 7.93. The van der Waals surface area contributed by atoms with Crippen molar-refractivity contribution in [2.24, 2.45) is 5.41 Å². The lowest BCUT2D eigenvalue weighted by atomic mass is 9.82. The molecular weight excluding hydrogens is 300 g/mol. The Kier molecular flexibility index (Phi) is 5.93. The van der Waals surface area contributed by atoms with Crippen molar-refractivity contribution in [1.82, 2.24) is 0 Å². The molecule has 3 heteroatoms. The van der Waals surface area contributed by atoms with Crippen molar-refractivity contribution in [1.29, 1.82) is 0 Å². The van der Waals surface area contributed by atoms with Gasteiger partial charge in [0.05, 0.1) is 11.5 Å². The van der Waals surface area contributed by atoms with Crippen LogP contribution in [0.2, 0.25) is 0 Å². The van der Waals surface area contributed by atoms with Gasteiger partial charge in [-0.2, -0.15) is 0 Å². The zero-order valence-electron chi connectivity index (χ0n) is 14.4. The number of benzene rings is 2. The number of ether oxygens (including phenoxy) is 1. The second-order valence-electron chi connectivity index (χ2n) is 6.48. The summed E-state index contributed by atoms with van der Waals surface area (Å²) in [6, 6.07) is 19.2. The summed E-state index contributed by atoms with van der Waals surface area (Å²) < 4.78 is 5.39. The molecule has 2 aromatic rings. The maximum Gasteiger partial charge on any atom is 0.314 e. The standard InChI is InChI=1S/C21H24O3/c1-16(14-17-10-6-4-7-11-17)19(22)21(2,3)20(23)24-15-18-12-8-5-9-13-18/h4-14,19,22H,15H2,1-3H3/b16-14+/t19-/m1/s1. The van der Waals surface area contributed by atoms with Crippen LogP contribution in [-0.4, -0.2) is 17.2 Å². The number of aliphatic hydroxyl groups is 1. The summed E-state index contributed by atoms with van der Waals surface area (Å²) in [6.45, 7) is 5.43. The molecule has 0 radical (unpaired) electrons. The summed E-state index contributed by atoms with van der Waals surface area (Å²) in [4.78, 5) is 12.4. The molecule has 0 aliphatic heterocycles. The van der Waals surface area contributed by atoms with Crippen molar-refractivity contribution in [3.63, 3.8) is 0 Å². The minimum atomic E-state index is -1.02. The molecule has 0 bridgehead atoms. The Morgan fingerprint density at radius 1 is 1.08 bits per heavy atom. The van der Waals surface area contributed by atoms with Crippen LogP contribution in [-0.2, 0) is 16.1 Å². The first kappa shape index (κ1) is 18.0. The predicted molar refractivity (Wildman–Crippen MR) is 96.1 cm³/mol. The van der Waals surface area contributed by atoms with Gasteiger partial charge in [0.25, 0.3) is 0 Å². The molecule has 2 aromatic carbocycles. The SMILES string of the molecule is C/C(=C\c1ccccc1)[C@@H](O)C(C)(C)C(=O)OCc1ccccc1. The van der Waals surface area contributed by atoms with Gasteiger partial charge in [-0.25, -0.2) is 0 Å². The van der Waals surface area contributed by atoms with Crippen LogP contribution in [0.4, 0.5) is 0 Å². The molecule has 24 heavy (non-hydrogen) atoms. The van der Waals surface area contributed by atoms with Gasteiger partial charge in [-0.15, -0.1) is 0 Å². The third kappa shape index (κ3) is 4.56. The van der Waals surface area contributed by atoms with E-state index in [9.17, 15) is 9.90 Å². The Morgan fingerprint density at radius 2 is 1.62 bits per heavy atom. The quantitative estimate of drug-likeness (QED) is 0.809. The van der Waals surface area contributed by atoms with Gasteiger partial charge < -0.3 is 9.84 Å². The number of carbonyl (C=O) groups is 1. The molecule has 0 saturated carbocycles. The molecule has 0 fully saturated rings. The van der Waals surface area contributed by atoms with Crippen molar-refractivity contribution >= 4 is 12.0 Å². The summed E-state index contributed by atoms with van der Waals surface area (Å²) in [6.07, 6.45) is 0.970. The average molecular weight is 324 g/mol. The number of esters is 1. The van der Waals surface area contributed by atoms with E-state index in [2.05, 4.69) is 0 Å². The van der Waals surface area contributed by atoms with Gasteiger partial charge in [-0.3, -0.25) is 4.79 Å². The maximum atomic E-state index is 12.4. The van der Waals surface area contributed by atoms with Crippen LogP contribution in [0.1, 0.15) is 31.9 Å². The Balaban J connectivity index is 2.04. The number of rotatable bonds is 6. The highest BCUT2D eigenvalue weighted by Crippen LogP contribution is 2.29. The highest BCUT2D eigenvalue weighted by molar-refractivity contribution is 5.77. The Labute approximate surface area is 143 Å². The van der Waals surface area contributed by atoms with E-state index in [-0.39, 0.29) is 6.61 Å². The molecule has 0 spiro atoms. The second-order valence-corrected chi connectivity index (χ2v) is 6.48. The largest absolute Gasteiger partial charge is 0.460 e. The van der Waals surface area contributed by atoms with Gasteiger partial charge in [0, 0.05) is 0 Å². The lowest BCUT2D eigenvalue weighted by Crippen LogP contribution is -2.39. The highest BCUT2D eigenvalue weighted by atomic mass is 16.5. The fourth-order valence-electron chi connectivity index (χ4n) is 2.48. The summed E-state index contributed by atoms with van der Waals surface area (Å²) in [5.74, 6) is -0.417. The molecule has 1 atom stereocenters. The van der Waals surface area contributed by atoms with Crippen molar-refractivity contribution in [3.05, 3.63) is 77.4 Å². The minimum Gasteiger partial charge on any atom is -0.460 e. The molecule has 0 saturated heterocycles. The Bertz CT molecular complexity index is 688. The van der Waals surface area contributed by atoms with E-state index in [0.717, 1.165) is 16.7 Å². The van der Waals surface area contributed by atoms with Crippen LogP contribution in [0.15, 0.2) is 66.2 Å². The molecule has 0 heterocycles. The van der Waals surface area contributed by atoms with Gasteiger partial charge in [0.15, 0.2) is 0 Å². The number of hydrogen-bond acceptors (Lipinski definition) is 3. The molecule has 0 aliphatic carbocycles. The molecular formula is C21H24O3. The normalized spacial score (nSPS) is 13.4. The highest BCUT2D eigenvalue weighted by Gasteiger charge is 2.38. The first-order valence-electron chi connectivity index (χ1n) is 8.03. The first-order chi connectivity index (χ1) is 11.4. The monoisotopic (exact) mass is 324 g/mol. The molecule has 0 unspecified atom stereocenters. The van der Waals surface area contributed by atoms with Crippen LogP contribution in [0.5, 0.6) is 0 Å². The van der Waals surface area contributed by atoms with E-state index < -0.39 is 17.5 Å². The van der Waals surface area contributed by atoms with Crippen molar-refractivity contribution in [2.45, 2.75) is 33.5 Å². The van der Waals surface area contributed by atoms with Gasteiger partial charge in [-0.1, -0.05) is 66.7 Å². The molecule has 0 aliphatic rings. The van der Waals surface area contributed by atoms with E-state index >= 15 is 0 Å². The van der Waals surface area contributed by atoms with Crippen LogP contribution in [0.25, 0.3) is 6.08 Å². The zero-order valence-corrected chi connectivity index (χ0v) is 14.4. The van der Waals surface area contributed by atoms with E-state index in [0.29, 0.717) is 0 Å². The Morgan fingerprint density at radius 3 is 2.21 bits per heavy atom. The smallest absolute Gasteiger partial charge is 0.314 e. The molecule has 2 rings (SSSR count). The van der Waals surface area contributed by atoms with Gasteiger partial charge >= 0.3 is 5.97 Å². The van der Waals surface area contributed by atoms with Crippen molar-refractivity contribution in [3.8, 4) is 0 Å². The summed E-state index contributed by atoms with van der Waals surface area (Å²) >= 11 is 0. The summed E-state index contributed by atoms with van der Waals surface area (Å²) in [5, 5.41) is 10.6. The topological polar surface area (TPSA) is 46.5 Å². The predicted octanol–water partition coefficient (Wildman–Crippen LogP) is 4.22. The lowest BCUT2D eigenvalue weighted by Gasteiger charge is -2.29. The van der Waals surface area contributed by atoms with Crippen LogP contribution in [0.3, 0.4) is 0 Å². The van der Waals surface area contributed by atoms with Crippen molar-refractivity contribution < 1.29 is 14.6 Å². The molecule has 126 valence electrons. The summed E-state index contributed by atoms with van der Waals surface area (Å²) in [7, 11) is 0. The minimum absolute atomic E-state index is 0.206. The van der Waals surface area contributed by atoms with Crippen LogP contribution >= 0.6 is 0 Å². The third-order valence-corrected chi connectivity index (χ3v) is 4.05. The number of hydrogen-bond donors (Lipinski definition) is 1. The number of carbonyl (C=O) groups excluding carboxylic acids is 1. The van der Waals surface area contributed by atoms with Gasteiger partial charge in [-0.05, 0) is 37.5 Å². The molecule has 1 N–H and O–H groups in total. The fourth-order valence-corrected chi connectivity index (χ4v) is 2.48. The number of aliphatic hydroxyl groups excluding tert-OH is 1. The lowest BCUT2D eigenvalue weighted by molar-refractivity contribution is -0.160. The molecule has 0 amide bonds. The third-order valence-electron chi connectivity index (χ3n) is 4.05.